The Labute approximate surface area is 176 Å². The smallest absolute Gasteiger partial charge is 0.255 e. The van der Waals surface area contributed by atoms with Crippen LogP contribution >= 0.6 is 0 Å². The number of nitrogens with one attached hydrogen (secondary N) is 1. The van der Waals surface area contributed by atoms with Gasteiger partial charge >= 0.3 is 0 Å². The molecular weight excluding hydrogens is 380 g/mol. The molecule has 0 fully saturated rings. The van der Waals surface area contributed by atoms with Crippen LogP contribution in [0.5, 0.6) is 17.2 Å². The van der Waals surface area contributed by atoms with Crippen molar-refractivity contribution in [1.29, 1.82) is 0 Å². The van der Waals surface area contributed by atoms with Crippen LogP contribution in [0.4, 0.5) is 17.1 Å². The van der Waals surface area contributed by atoms with Crippen molar-refractivity contribution >= 4 is 23.0 Å². The predicted molar refractivity (Wildman–Crippen MR) is 118 cm³/mol. The van der Waals surface area contributed by atoms with Gasteiger partial charge in [0.25, 0.3) is 5.91 Å². The average Bonchev–Trinajstić information content (AvgIpc) is 3.22. The predicted octanol–water partition coefficient (Wildman–Crippen LogP) is 4.66. The van der Waals surface area contributed by atoms with Gasteiger partial charge in [0.2, 0.25) is 5.75 Å². The molecule has 1 aliphatic heterocycles. The normalized spacial score (nSPS) is 12.3. The van der Waals surface area contributed by atoms with Gasteiger partial charge in [-0.1, -0.05) is 18.2 Å². The topological polar surface area (TPSA) is 60.0 Å². The third kappa shape index (κ3) is 3.64. The minimum Gasteiger partial charge on any atom is -0.493 e. The maximum atomic E-state index is 12.8. The molecule has 3 aromatic carbocycles. The number of hydrogen-bond donors (Lipinski definition) is 1. The summed E-state index contributed by atoms with van der Waals surface area (Å²) in [4.78, 5) is 15.1. The Morgan fingerprint density at radius 1 is 0.900 bits per heavy atom. The molecule has 30 heavy (non-hydrogen) atoms. The lowest BCUT2D eigenvalue weighted by Crippen LogP contribution is -2.14. The summed E-state index contributed by atoms with van der Waals surface area (Å²) in [6.45, 7) is 0.955. The zero-order valence-corrected chi connectivity index (χ0v) is 17.3. The first kappa shape index (κ1) is 19.6. The van der Waals surface area contributed by atoms with Gasteiger partial charge in [0.1, 0.15) is 0 Å². The number of carbonyl (C=O) groups is 1. The highest BCUT2D eigenvalue weighted by atomic mass is 16.5. The summed E-state index contributed by atoms with van der Waals surface area (Å²) in [5.41, 5.74) is 4.83. The summed E-state index contributed by atoms with van der Waals surface area (Å²) in [7, 11) is 4.57. The van der Waals surface area contributed by atoms with Gasteiger partial charge in [0.05, 0.1) is 21.3 Å². The summed E-state index contributed by atoms with van der Waals surface area (Å²) in [6, 6.07) is 19.6. The van der Waals surface area contributed by atoms with E-state index in [1.165, 1.54) is 32.6 Å². The quantitative estimate of drug-likeness (QED) is 0.648. The number of carbonyl (C=O) groups excluding carboxylic acids is 1. The molecule has 0 saturated carbocycles. The van der Waals surface area contributed by atoms with Crippen LogP contribution in [0.3, 0.4) is 0 Å². The third-order valence-corrected chi connectivity index (χ3v) is 5.25. The average molecular weight is 404 g/mol. The molecular formula is C24H24N2O4. The van der Waals surface area contributed by atoms with Crippen LogP contribution in [0.15, 0.2) is 60.7 Å². The van der Waals surface area contributed by atoms with E-state index in [0.29, 0.717) is 28.5 Å². The number of rotatable bonds is 6. The fraction of sp³-hybridized carbons (Fsp3) is 0.208. The second kappa shape index (κ2) is 8.37. The maximum Gasteiger partial charge on any atom is 0.255 e. The summed E-state index contributed by atoms with van der Waals surface area (Å²) in [6.07, 6.45) is 1.04. The van der Waals surface area contributed by atoms with E-state index in [4.69, 9.17) is 14.2 Å². The van der Waals surface area contributed by atoms with E-state index in [1.807, 2.05) is 24.3 Å². The highest BCUT2D eigenvalue weighted by molar-refractivity contribution is 6.05. The minimum absolute atomic E-state index is 0.256. The molecule has 1 amide bonds. The molecule has 1 heterocycles. The molecule has 3 aromatic rings. The zero-order valence-electron chi connectivity index (χ0n) is 17.3. The third-order valence-electron chi connectivity index (χ3n) is 5.25. The van der Waals surface area contributed by atoms with Crippen molar-refractivity contribution in [3.8, 4) is 17.2 Å². The van der Waals surface area contributed by atoms with Crippen molar-refractivity contribution in [3.63, 3.8) is 0 Å². The Kier molecular flexibility index (Phi) is 5.48. The van der Waals surface area contributed by atoms with E-state index in [1.54, 1.807) is 12.1 Å². The lowest BCUT2D eigenvalue weighted by molar-refractivity contribution is 0.102. The molecule has 154 valence electrons. The number of methoxy groups -OCH3 is 3. The number of benzene rings is 3. The standard InChI is InChI=1S/C24H24N2O4/c1-28-21-14-17(15-22(29-2)23(21)30-3)24(27)25-18-8-10-19(11-9-18)26-13-12-16-6-4-5-7-20(16)26/h4-11,14-15H,12-13H2,1-3H3,(H,25,27). The highest BCUT2D eigenvalue weighted by Gasteiger charge is 2.20. The number of hydrogen-bond acceptors (Lipinski definition) is 5. The lowest BCUT2D eigenvalue weighted by Gasteiger charge is -2.20. The monoisotopic (exact) mass is 404 g/mol. The zero-order chi connectivity index (χ0) is 21.1. The van der Waals surface area contributed by atoms with E-state index < -0.39 is 0 Å². The summed E-state index contributed by atoms with van der Waals surface area (Å²) in [5.74, 6) is 1.07. The minimum atomic E-state index is -0.256. The first-order valence-electron chi connectivity index (χ1n) is 9.71. The van der Waals surface area contributed by atoms with E-state index in [9.17, 15) is 4.79 Å². The number of fused-ring (bicyclic) bond motifs is 1. The second-order valence-corrected chi connectivity index (χ2v) is 6.95. The molecule has 6 nitrogen and oxygen atoms in total. The first-order valence-corrected chi connectivity index (χ1v) is 9.71. The Balaban J connectivity index is 1.52. The van der Waals surface area contributed by atoms with Gasteiger partial charge in [-0.15, -0.1) is 0 Å². The Morgan fingerprint density at radius 3 is 2.20 bits per heavy atom. The molecule has 0 radical (unpaired) electrons. The Hall–Kier alpha value is -3.67. The van der Waals surface area contributed by atoms with Crippen LogP contribution in [-0.4, -0.2) is 33.8 Å². The van der Waals surface area contributed by atoms with Gasteiger partial charge < -0.3 is 24.4 Å². The number of nitrogens with zero attached hydrogens (tertiary/aromatic N) is 1. The van der Waals surface area contributed by atoms with Crippen molar-refractivity contribution in [3.05, 3.63) is 71.8 Å². The molecule has 4 rings (SSSR count). The van der Waals surface area contributed by atoms with Crippen molar-refractivity contribution in [2.24, 2.45) is 0 Å². The number of para-hydroxylation sites is 1. The van der Waals surface area contributed by atoms with E-state index >= 15 is 0 Å². The fourth-order valence-electron chi connectivity index (χ4n) is 3.75. The molecule has 6 heteroatoms. The largest absolute Gasteiger partial charge is 0.493 e. The second-order valence-electron chi connectivity index (χ2n) is 6.95. The van der Waals surface area contributed by atoms with Crippen LogP contribution in [0.2, 0.25) is 0 Å². The molecule has 0 aromatic heterocycles. The first-order chi connectivity index (χ1) is 14.6. The molecule has 0 bridgehead atoms. The van der Waals surface area contributed by atoms with Gasteiger partial charge in [0.15, 0.2) is 11.5 Å². The molecule has 0 unspecified atom stereocenters. The van der Waals surface area contributed by atoms with Gasteiger partial charge in [-0.2, -0.15) is 0 Å². The molecule has 0 aliphatic carbocycles. The van der Waals surface area contributed by atoms with Gasteiger partial charge in [-0.05, 0) is 54.4 Å². The highest BCUT2D eigenvalue weighted by Crippen LogP contribution is 2.38. The van der Waals surface area contributed by atoms with Crippen LogP contribution in [0, 0.1) is 0 Å². The van der Waals surface area contributed by atoms with Gasteiger partial charge in [-0.3, -0.25) is 4.79 Å². The van der Waals surface area contributed by atoms with Gasteiger partial charge in [-0.25, -0.2) is 0 Å². The lowest BCUT2D eigenvalue weighted by atomic mass is 10.1. The maximum absolute atomic E-state index is 12.8. The van der Waals surface area contributed by atoms with E-state index in [-0.39, 0.29) is 5.91 Å². The number of anilines is 3. The van der Waals surface area contributed by atoms with Crippen LogP contribution in [0.1, 0.15) is 15.9 Å². The summed E-state index contributed by atoms with van der Waals surface area (Å²) >= 11 is 0. The number of amides is 1. The number of ether oxygens (including phenoxy) is 3. The van der Waals surface area contributed by atoms with Crippen LogP contribution < -0.4 is 24.4 Å². The molecule has 0 spiro atoms. The van der Waals surface area contributed by atoms with Crippen molar-refractivity contribution in [1.82, 2.24) is 0 Å². The molecule has 1 aliphatic rings. The summed E-state index contributed by atoms with van der Waals surface area (Å²) in [5, 5.41) is 2.93. The summed E-state index contributed by atoms with van der Waals surface area (Å²) < 4.78 is 16.0. The van der Waals surface area contributed by atoms with E-state index in [2.05, 4.69) is 34.5 Å². The van der Waals surface area contributed by atoms with Crippen LogP contribution in [-0.2, 0) is 6.42 Å². The SMILES string of the molecule is COc1cc(C(=O)Nc2ccc(N3CCc4ccccc43)cc2)cc(OC)c1OC. The van der Waals surface area contributed by atoms with Crippen molar-refractivity contribution in [2.75, 3.05) is 38.1 Å². The Morgan fingerprint density at radius 2 is 1.57 bits per heavy atom. The van der Waals surface area contributed by atoms with Gasteiger partial charge in [0, 0.05) is 29.2 Å². The molecule has 1 N–H and O–H groups in total. The molecule has 0 atom stereocenters. The fourth-order valence-corrected chi connectivity index (χ4v) is 3.75. The van der Waals surface area contributed by atoms with Crippen molar-refractivity contribution in [2.45, 2.75) is 6.42 Å². The Bertz CT molecular complexity index is 1040. The molecule has 0 saturated heterocycles. The van der Waals surface area contributed by atoms with Crippen LogP contribution in [0.25, 0.3) is 0 Å². The van der Waals surface area contributed by atoms with E-state index in [0.717, 1.165) is 18.7 Å². The van der Waals surface area contributed by atoms with Crippen molar-refractivity contribution < 1.29 is 19.0 Å².